The lowest BCUT2D eigenvalue weighted by molar-refractivity contribution is 0.338. The molecular formula is C15H16BrClN2O. The third-order valence-electron chi connectivity index (χ3n) is 2.94. The first-order chi connectivity index (χ1) is 9.65. The summed E-state index contributed by atoms with van der Waals surface area (Å²) in [6, 6.07) is 7.74. The zero-order chi connectivity index (χ0) is 14.5. The molecule has 0 fully saturated rings. The largest absolute Gasteiger partial charge is 0.492 e. The molecule has 3 nitrogen and oxygen atoms in total. The summed E-state index contributed by atoms with van der Waals surface area (Å²) in [6.45, 7) is 2.58. The van der Waals surface area contributed by atoms with Crippen LogP contribution in [0, 0.1) is 0 Å². The Morgan fingerprint density at radius 1 is 1.35 bits per heavy atom. The number of benzene rings is 1. The number of aromatic nitrogens is 1. The summed E-state index contributed by atoms with van der Waals surface area (Å²) in [6.07, 6.45) is 3.55. The summed E-state index contributed by atoms with van der Waals surface area (Å²) in [5, 5.41) is 3.99. The zero-order valence-electron chi connectivity index (χ0n) is 11.4. The van der Waals surface area contributed by atoms with Crippen molar-refractivity contribution < 1.29 is 4.74 Å². The highest BCUT2D eigenvalue weighted by molar-refractivity contribution is 9.10. The lowest BCUT2D eigenvalue weighted by atomic mass is 10.0. The molecule has 0 bridgehead atoms. The van der Waals surface area contributed by atoms with Gasteiger partial charge in [-0.15, -0.1) is 0 Å². The normalized spacial score (nSPS) is 12.2. The molecule has 1 N–H and O–H groups in total. The maximum atomic E-state index is 6.10. The monoisotopic (exact) mass is 354 g/mol. The number of hydrogen-bond acceptors (Lipinski definition) is 3. The van der Waals surface area contributed by atoms with Crippen molar-refractivity contribution in [2.24, 2.45) is 0 Å². The van der Waals surface area contributed by atoms with Gasteiger partial charge in [-0.25, -0.2) is 0 Å². The van der Waals surface area contributed by atoms with Crippen molar-refractivity contribution in [3.63, 3.8) is 0 Å². The molecule has 0 aliphatic heterocycles. The number of ether oxygens (including phenoxy) is 1. The predicted molar refractivity (Wildman–Crippen MR) is 85.5 cm³/mol. The van der Waals surface area contributed by atoms with E-state index >= 15 is 0 Å². The van der Waals surface area contributed by atoms with Gasteiger partial charge in [0.25, 0.3) is 0 Å². The Morgan fingerprint density at radius 2 is 2.15 bits per heavy atom. The van der Waals surface area contributed by atoms with Crippen molar-refractivity contribution in [1.29, 1.82) is 0 Å². The predicted octanol–water partition coefficient (Wildman–Crippen LogP) is 4.21. The Morgan fingerprint density at radius 3 is 2.85 bits per heavy atom. The first-order valence-corrected chi connectivity index (χ1v) is 7.52. The standard InChI is InChI=1S/C15H16BrClN2O/c1-3-20-12-6-10(8-19-9-12)15(18-2)13-7-11(17)4-5-14(13)16/h4-9,15,18H,3H2,1-2H3. The van der Waals surface area contributed by atoms with Crippen LogP contribution in [-0.4, -0.2) is 18.6 Å². The van der Waals surface area contributed by atoms with Crippen molar-refractivity contribution in [1.82, 2.24) is 10.3 Å². The minimum absolute atomic E-state index is 0.00372. The van der Waals surface area contributed by atoms with E-state index < -0.39 is 0 Å². The van der Waals surface area contributed by atoms with Crippen molar-refractivity contribution in [2.45, 2.75) is 13.0 Å². The molecular weight excluding hydrogens is 340 g/mol. The van der Waals surface area contributed by atoms with Crippen LogP contribution in [0.1, 0.15) is 24.1 Å². The number of hydrogen-bond donors (Lipinski definition) is 1. The molecule has 0 radical (unpaired) electrons. The molecule has 1 heterocycles. The SMILES string of the molecule is CCOc1cncc(C(NC)c2cc(Cl)ccc2Br)c1. The molecule has 1 atom stereocenters. The average molecular weight is 356 g/mol. The molecule has 20 heavy (non-hydrogen) atoms. The fraction of sp³-hybridized carbons (Fsp3) is 0.267. The molecule has 0 saturated carbocycles. The van der Waals surface area contributed by atoms with Crippen molar-refractivity contribution in [3.05, 3.63) is 57.3 Å². The van der Waals surface area contributed by atoms with Crippen LogP contribution in [0.5, 0.6) is 5.75 Å². The fourth-order valence-electron chi connectivity index (χ4n) is 2.08. The number of pyridine rings is 1. The van der Waals surface area contributed by atoms with Gasteiger partial charge < -0.3 is 10.1 Å². The van der Waals surface area contributed by atoms with Crippen molar-refractivity contribution >= 4 is 27.5 Å². The fourth-order valence-corrected chi connectivity index (χ4v) is 2.73. The van der Waals surface area contributed by atoms with Crippen LogP contribution in [-0.2, 0) is 0 Å². The first-order valence-electron chi connectivity index (χ1n) is 6.35. The van der Waals surface area contributed by atoms with Crippen molar-refractivity contribution in [2.75, 3.05) is 13.7 Å². The molecule has 0 spiro atoms. The highest BCUT2D eigenvalue weighted by atomic mass is 79.9. The van der Waals surface area contributed by atoms with E-state index in [1.807, 2.05) is 44.4 Å². The van der Waals surface area contributed by atoms with E-state index in [-0.39, 0.29) is 6.04 Å². The number of rotatable bonds is 5. The third-order valence-corrected chi connectivity index (χ3v) is 3.89. The summed E-state index contributed by atoms with van der Waals surface area (Å²) >= 11 is 9.67. The molecule has 1 aromatic carbocycles. The van der Waals surface area contributed by atoms with Crippen LogP contribution in [0.25, 0.3) is 0 Å². The second-order valence-electron chi connectivity index (χ2n) is 4.27. The van der Waals surface area contributed by atoms with Gasteiger partial charge in [0.15, 0.2) is 0 Å². The Kier molecular flexibility index (Phi) is 5.40. The van der Waals surface area contributed by atoms with Gasteiger partial charge in [-0.05, 0) is 49.4 Å². The number of nitrogens with zero attached hydrogens (tertiary/aromatic N) is 1. The van der Waals surface area contributed by atoms with Gasteiger partial charge in [-0.3, -0.25) is 4.98 Å². The molecule has 5 heteroatoms. The Hall–Kier alpha value is -1.10. The van der Waals surface area contributed by atoms with Gasteiger partial charge in [-0.1, -0.05) is 27.5 Å². The van der Waals surface area contributed by atoms with E-state index in [2.05, 4.69) is 26.2 Å². The molecule has 0 aliphatic rings. The molecule has 1 unspecified atom stereocenters. The van der Waals surface area contributed by atoms with Gasteiger partial charge in [0.1, 0.15) is 5.75 Å². The smallest absolute Gasteiger partial charge is 0.137 e. The summed E-state index contributed by atoms with van der Waals surface area (Å²) < 4.78 is 6.51. The Bertz CT molecular complexity index is 592. The van der Waals surface area contributed by atoms with Gasteiger partial charge in [0.05, 0.1) is 18.8 Å². The van der Waals surface area contributed by atoms with Gasteiger partial charge in [-0.2, -0.15) is 0 Å². The third kappa shape index (κ3) is 3.51. The second kappa shape index (κ2) is 7.07. The molecule has 2 aromatic rings. The summed E-state index contributed by atoms with van der Waals surface area (Å²) in [7, 11) is 1.91. The zero-order valence-corrected chi connectivity index (χ0v) is 13.7. The summed E-state index contributed by atoms with van der Waals surface area (Å²) in [5.74, 6) is 0.767. The Balaban J connectivity index is 2.41. The van der Waals surface area contributed by atoms with E-state index in [0.717, 1.165) is 21.3 Å². The topological polar surface area (TPSA) is 34.1 Å². The highest BCUT2D eigenvalue weighted by Gasteiger charge is 2.16. The van der Waals surface area contributed by atoms with Crippen LogP contribution < -0.4 is 10.1 Å². The summed E-state index contributed by atoms with van der Waals surface area (Å²) in [5.41, 5.74) is 2.09. The van der Waals surface area contributed by atoms with E-state index in [0.29, 0.717) is 11.6 Å². The molecule has 2 rings (SSSR count). The van der Waals surface area contributed by atoms with Gasteiger partial charge in [0.2, 0.25) is 0 Å². The van der Waals surface area contributed by atoms with E-state index in [1.165, 1.54) is 0 Å². The maximum Gasteiger partial charge on any atom is 0.137 e. The minimum Gasteiger partial charge on any atom is -0.492 e. The van der Waals surface area contributed by atoms with Crippen LogP contribution in [0.2, 0.25) is 5.02 Å². The van der Waals surface area contributed by atoms with Gasteiger partial charge >= 0.3 is 0 Å². The van der Waals surface area contributed by atoms with E-state index in [9.17, 15) is 0 Å². The molecule has 106 valence electrons. The maximum absolute atomic E-state index is 6.10. The molecule has 1 aromatic heterocycles. The average Bonchev–Trinajstić information content (AvgIpc) is 2.44. The lowest BCUT2D eigenvalue weighted by Gasteiger charge is -2.19. The quantitative estimate of drug-likeness (QED) is 0.872. The van der Waals surface area contributed by atoms with Crippen molar-refractivity contribution in [3.8, 4) is 5.75 Å². The van der Waals surface area contributed by atoms with Gasteiger partial charge in [0, 0.05) is 15.7 Å². The molecule has 0 saturated heterocycles. The summed E-state index contributed by atoms with van der Waals surface area (Å²) in [4.78, 5) is 4.24. The van der Waals surface area contributed by atoms with E-state index in [4.69, 9.17) is 16.3 Å². The highest BCUT2D eigenvalue weighted by Crippen LogP contribution is 2.31. The number of halogens is 2. The van der Waals surface area contributed by atoms with Crippen LogP contribution in [0.15, 0.2) is 41.1 Å². The minimum atomic E-state index is -0.00372. The van der Waals surface area contributed by atoms with Crippen LogP contribution >= 0.6 is 27.5 Å². The number of nitrogens with one attached hydrogen (secondary N) is 1. The first kappa shape index (κ1) is 15.3. The molecule has 0 amide bonds. The second-order valence-corrected chi connectivity index (χ2v) is 5.57. The lowest BCUT2D eigenvalue weighted by Crippen LogP contribution is -2.18. The van der Waals surface area contributed by atoms with Crippen LogP contribution in [0.3, 0.4) is 0 Å². The van der Waals surface area contributed by atoms with E-state index in [1.54, 1.807) is 6.20 Å². The van der Waals surface area contributed by atoms with Crippen LogP contribution in [0.4, 0.5) is 0 Å². The Labute approximate surface area is 132 Å². The molecule has 0 aliphatic carbocycles.